The van der Waals surface area contributed by atoms with Gasteiger partial charge in [0.05, 0.1) is 13.7 Å². The molecule has 0 fully saturated rings. The molecule has 8 heteroatoms. The number of hydrogen-bond acceptors (Lipinski definition) is 5. The predicted molar refractivity (Wildman–Crippen MR) is 87.4 cm³/mol. The number of rotatable bonds is 8. The Morgan fingerprint density at radius 2 is 1.92 bits per heavy atom. The van der Waals surface area contributed by atoms with Gasteiger partial charge < -0.3 is 20.1 Å². The zero-order chi connectivity index (χ0) is 17.9. The standard InChI is InChI=1S/C16H17ClN2O5/c1-3-8-24-12-6-4-11(5-7-12)15(16(22)23-2)19-14(21)10-18-13(20)9-17/h1,4-7,15H,8-10H2,2H3,(H,18,20)(H,19,21)/t15-/m0/s1. The largest absolute Gasteiger partial charge is 0.481 e. The van der Waals surface area contributed by atoms with Crippen LogP contribution in [0.3, 0.4) is 0 Å². The summed E-state index contributed by atoms with van der Waals surface area (Å²) in [5.41, 5.74) is 0.493. The van der Waals surface area contributed by atoms with E-state index in [1.165, 1.54) is 7.11 Å². The SMILES string of the molecule is C#CCOc1ccc([C@H](NC(=O)CNC(=O)CCl)C(=O)OC)cc1. The van der Waals surface area contributed by atoms with E-state index in [-0.39, 0.29) is 19.0 Å². The average molecular weight is 353 g/mol. The van der Waals surface area contributed by atoms with Gasteiger partial charge >= 0.3 is 5.97 Å². The molecule has 1 atom stereocenters. The summed E-state index contributed by atoms with van der Waals surface area (Å²) in [6.45, 7) is -0.181. The van der Waals surface area contributed by atoms with E-state index in [0.29, 0.717) is 11.3 Å². The molecule has 0 unspecified atom stereocenters. The van der Waals surface area contributed by atoms with Crippen LogP contribution < -0.4 is 15.4 Å². The van der Waals surface area contributed by atoms with Crippen molar-refractivity contribution in [2.24, 2.45) is 0 Å². The van der Waals surface area contributed by atoms with E-state index in [1.54, 1.807) is 24.3 Å². The van der Waals surface area contributed by atoms with Crippen molar-refractivity contribution in [2.45, 2.75) is 6.04 Å². The van der Waals surface area contributed by atoms with Gasteiger partial charge in [0, 0.05) is 0 Å². The normalized spacial score (nSPS) is 10.9. The van der Waals surface area contributed by atoms with Gasteiger partial charge in [-0.3, -0.25) is 9.59 Å². The van der Waals surface area contributed by atoms with Gasteiger partial charge in [-0.25, -0.2) is 4.79 Å². The molecule has 24 heavy (non-hydrogen) atoms. The molecule has 1 aromatic carbocycles. The van der Waals surface area contributed by atoms with Crippen molar-refractivity contribution < 1.29 is 23.9 Å². The predicted octanol–water partition coefficient (Wildman–Crippen LogP) is 0.384. The summed E-state index contributed by atoms with van der Waals surface area (Å²) in [6.07, 6.45) is 5.10. The monoisotopic (exact) mass is 352 g/mol. The third-order valence-electron chi connectivity index (χ3n) is 2.85. The summed E-state index contributed by atoms with van der Waals surface area (Å²) in [7, 11) is 1.21. The first-order valence-electron chi connectivity index (χ1n) is 6.88. The van der Waals surface area contributed by atoms with Gasteiger partial charge in [0.25, 0.3) is 0 Å². The van der Waals surface area contributed by atoms with E-state index in [4.69, 9.17) is 22.8 Å². The van der Waals surface area contributed by atoms with E-state index >= 15 is 0 Å². The molecule has 0 saturated carbocycles. The molecule has 0 aliphatic heterocycles. The van der Waals surface area contributed by atoms with Crippen LogP contribution in [0.4, 0.5) is 0 Å². The van der Waals surface area contributed by atoms with Crippen LogP contribution in [0.25, 0.3) is 0 Å². The molecule has 1 aromatic rings. The number of nitrogens with one attached hydrogen (secondary N) is 2. The number of halogens is 1. The number of carbonyl (C=O) groups is 3. The minimum atomic E-state index is -1.02. The molecule has 0 bridgehead atoms. The minimum absolute atomic E-state index is 0.122. The molecule has 0 heterocycles. The number of benzene rings is 1. The number of amides is 2. The van der Waals surface area contributed by atoms with Gasteiger partial charge in [0.1, 0.15) is 18.2 Å². The van der Waals surface area contributed by atoms with Gasteiger partial charge in [-0.1, -0.05) is 18.1 Å². The van der Waals surface area contributed by atoms with Gasteiger partial charge in [-0.2, -0.15) is 0 Å². The molecule has 0 aliphatic carbocycles. The second-order valence-corrected chi connectivity index (χ2v) is 4.76. The number of methoxy groups -OCH3 is 1. The fraction of sp³-hybridized carbons (Fsp3) is 0.312. The fourth-order valence-electron chi connectivity index (χ4n) is 1.72. The second-order valence-electron chi connectivity index (χ2n) is 4.50. The Hall–Kier alpha value is -2.72. The van der Waals surface area contributed by atoms with Crippen LogP contribution in [0.5, 0.6) is 5.75 Å². The molecule has 128 valence electrons. The number of hydrogen-bond donors (Lipinski definition) is 2. The highest BCUT2D eigenvalue weighted by Gasteiger charge is 2.23. The third-order valence-corrected chi connectivity index (χ3v) is 3.09. The third kappa shape index (κ3) is 6.18. The topological polar surface area (TPSA) is 93.7 Å². The lowest BCUT2D eigenvalue weighted by atomic mass is 10.1. The van der Waals surface area contributed by atoms with E-state index in [0.717, 1.165) is 0 Å². The van der Waals surface area contributed by atoms with Gasteiger partial charge in [0.2, 0.25) is 11.8 Å². The molecule has 0 aliphatic rings. The number of esters is 1. The van der Waals surface area contributed by atoms with Crippen LogP contribution in [-0.4, -0.2) is 43.9 Å². The number of terminal acetylenes is 1. The van der Waals surface area contributed by atoms with Crippen molar-refractivity contribution in [2.75, 3.05) is 26.1 Å². The van der Waals surface area contributed by atoms with Crippen molar-refractivity contribution in [1.82, 2.24) is 10.6 Å². The second kappa shape index (κ2) is 10.1. The fourth-order valence-corrected chi connectivity index (χ4v) is 1.81. The molecular weight excluding hydrogens is 336 g/mol. The van der Waals surface area contributed by atoms with Crippen LogP contribution in [0.2, 0.25) is 0 Å². The maximum atomic E-state index is 11.9. The molecule has 7 nitrogen and oxygen atoms in total. The molecule has 0 radical (unpaired) electrons. The van der Waals surface area contributed by atoms with Crippen molar-refractivity contribution in [1.29, 1.82) is 0 Å². The zero-order valence-electron chi connectivity index (χ0n) is 13.0. The van der Waals surface area contributed by atoms with Crippen molar-refractivity contribution in [3.8, 4) is 18.1 Å². The molecular formula is C16H17ClN2O5. The molecule has 1 rings (SSSR count). The smallest absolute Gasteiger partial charge is 0.333 e. The van der Waals surface area contributed by atoms with E-state index in [9.17, 15) is 14.4 Å². The Balaban J connectivity index is 2.78. The summed E-state index contributed by atoms with van der Waals surface area (Å²) in [5, 5.41) is 4.79. The van der Waals surface area contributed by atoms with Gasteiger partial charge in [-0.05, 0) is 17.7 Å². The minimum Gasteiger partial charge on any atom is -0.481 e. The highest BCUT2D eigenvalue weighted by atomic mass is 35.5. The molecule has 0 aromatic heterocycles. The highest BCUT2D eigenvalue weighted by molar-refractivity contribution is 6.27. The Bertz CT molecular complexity index is 624. The van der Waals surface area contributed by atoms with E-state index in [1.807, 2.05) is 0 Å². The summed E-state index contributed by atoms with van der Waals surface area (Å²) in [6, 6.07) is 5.42. The van der Waals surface area contributed by atoms with Gasteiger partial charge in [-0.15, -0.1) is 18.0 Å². The lowest BCUT2D eigenvalue weighted by Crippen LogP contribution is -2.41. The maximum absolute atomic E-state index is 11.9. The Morgan fingerprint density at radius 3 is 2.46 bits per heavy atom. The lowest BCUT2D eigenvalue weighted by molar-refractivity contribution is -0.145. The molecule has 2 N–H and O–H groups in total. The summed E-state index contributed by atoms with van der Waals surface area (Å²) in [4.78, 5) is 34.8. The van der Waals surface area contributed by atoms with Crippen LogP contribution >= 0.6 is 11.6 Å². The number of ether oxygens (including phenoxy) is 2. The van der Waals surface area contributed by atoms with E-state index in [2.05, 4.69) is 21.3 Å². The molecule has 0 saturated heterocycles. The average Bonchev–Trinajstić information content (AvgIpc) is 2.62. The summed E-state index contributed by atoms with van der Waals surface area (Å²) in [5.74, 6) is 0.912. The quantitative estimate of drug-likeness (QED) is 0.401. The number of alkyl halides is 1. The van der Waals surface area contributed by atoms with E-state index < -0.39 is 23.8 Å². The van der Waals surface area contributed by atoms with Crippen molar-refractivity contribution >= 4 is 29.4 Å². The Labute approximate surface area is 144 Å². The van der Waals surface area contributed by atoms with Crippen LogP contribution in [0, 0.1) is 12.3 Å². The highest BCUT2D eigenvalue weighted by Crippen LogP contribution is 2.19. The molecule has 0 spiro atoms. The van der Waals surface area contributed by atoms with Gasteiger partial charge in [0.15, 0.2) is 6.04 Å². The summed E-state index contributed by atoms with van der Waals surface area (Å²) < 4.78 is 9.93. The van der Waals surface area contributed by atoms with Crippen LogP contribution in [0.15, 0.2) is 24.3 Å². The van der Waals surface area contributed by atoms with Crippen LogP contribution in [0.1, 0.15) is 11.6 Å². The maximum Gasteiger partial charge on any atom is 0.333 e. The Morgan fingerprint density at radius 1 is 1.25 bits per heavy atom. The molecule has 2 amide bonds. The summed E-state index contributed by atoms with van der Waals surface area (Å²) >= 11 is 5.32. The van der Waals surface area contributed by atoms with Crippen LogP contribution in [-0.2, 0) is 19.1 Å². The lowest BCUT2D eigenvalue weighted by Gasteiger charge is -2.17. The van der Waals surface area contributed by atoms with Crippen molar-refractivity contribution in [3.63, 3.8) is 0 Å². The first-order valence-corrected chi connectivity index (χ1v) is 7.41. The first kappa shape index (κ1) is 19.3. The number of carbonyl (C=O) groups excluding carboxylic acids is 3. The zero-order valence-corrected chi connectivity index (χ0v) is 13.8. The Kier molecular flexibility index (Phi) is 8.16. The van der Waals surface area contributed by atoms with Crippen molar-refractivity contribution in [3.05, 3.63) is 29.8 Å². The first-order chi connectivity index (χ1) is 11.5.